The molecule has 0 aromatic rings. The van der Waals surface area contributed by atoms with E-state index in [9.17, 15) is 10.2 Å². The fraction of sp³-hybridized carbons (Fsp3) is 1.00. The lowest BCUT2D eigenvalue weighted by Crippen LogP contribution is -2.64. The molecule has 0 aromatic carbocycles. The lowest BCUT2D eigenvalue weighted by molar-refractivity contribution is -0.183. The summed E-state index contributed by atoms with van der Waals surface area (Å²) in [7, 11) is 0. The van der Waals surface area contributed by atoms with Crippen LogP contribution >= 0.6 is 0 Å². The van der Waals surface area contributed by atoms with E-state index < -0.39 is 16.7 Å². The van der Waals surface area contributed by atoms with Gasteiger partial charge in [-0.05, 0) is 20.8 Å². The van der Waals surface area contributed by atoms with Crippen molar-refractivity contribution in [3.63, 3.8) is 0 Å². The molecular weight excluding hydrogens is 394 g/mol. The van der Waals surface area contributed by atoms with Gasteiger partial charge in [-0.2, -0.15) is 0 Å². The van der Waals surface area contributed by atoms with Crippen LogP contribution < -0.4 is 5.73 Å². The van der Waals surface area contributed by atoms with Crippen LogP contribution in [-0.4, -0.2) is 86.8 Å². The number of hydrogen-bond acceptors (Lipinski definition) is 7. The molecule has 9 nitrogen and oxygen atoms in total. The predicted octanol–water partition coefficient (Wildman–Crippen LogP) is 0.184. The standard InChI is InChI=1S/C9H18O3.C8H17NO3.2C2H6.2H2O/c1-8(2)6-12-7(5-10)4-9(8,3)11;1-7(9)5-12-6(4-10)3-8(7,2)11;2*1-2;;/h7,10-11H,4-6H2,1-3H3;6,10-11H,3-5,9H2,1-2H3;2*1-2H3;2*1H2. The highest BCUT2D eigenvalue weighted by Gasteiger charge is 2.46. The molecule has 2 aliphatic heterocycles. The Bertz CT molecular complexity index is 376. The van der Waals surface area contributed by atoms with E-state index in [1.807, 2.05) is 41.5 Å². The monoisotopic (exact) mass is 445 g/mol. The highest BCUT2D eigenvalue weighted by atomic mass is 16.5. The van der Waals surface area contributed by atoms with E-state index in [1.165, 1.54) is 0 Å². The SMILES string of the molecule is CC.CC.CC1(C)COC(CO)CC1(C)O.CC1(N)COC(CO)CC1(C)O.O.O. The maximum absolute atomic E-state index is 10.0. The first-order valence-corrected chi connectivity index (χ1v) is 10.5. The zero-order valence-electron chi connectivity index (χ0n) is 20.6. The summed E-state index contributed by atoms with van der Waals surface area (Å²) in [6.07, 6.45) is 0.414. The lowest BCUT2D eigenvalue weighted by Gasteiger charge is -2.46. The van der Waals surface area contributed by atoms with Crippen LogP contribution in [0.4, 0.5) is 0 Å². The van der Waals surface area contributed by atoms with Crippen LogP contribution in [0.1, 0.15) is 75.2 Å². The second kappa shape index (κ2) is 15.4. The van der Waals surface area contributed by atoms with E-state index in [1.54, 1.807) is 20.8 Å². The molecule has 0 aromatic heterocycles. The largest absolute Gasteiger partial charge is 0.412 e. The Morgan fingerprint density at radius 2 is 1.07 bits per heavy atom. The Morgan fingerprint density at radius 3 is 1.37 bits per heavy atom. The molecule has 0 saturated carbocycles. The van der Waals surface area contributed by atoms with Crippen LogP contribution in [0.2, 0.25) is 0 Å². The molecule has 0 radical (unpaired) electrons. The van der Waals surface area contributed by atoms with Gasteiger partial charge >= 0.3 is 0 Å². The predicted molar refractivity (Wildman–Crippen MR) is 120 cm³/mol. The second-order valence-electron chi connectivity index (χ2n) is 8.49. The summed E-state index contributed by atoms with van der Waals surface area (Å²) in [4.78, 5) is 0. The fourth-order valence-corrected chi connectivity index (χ4v) is 2.68. The van der Waals surface area contributed by atoms with Crippen LogP contribution in [0.5, 0.6) is 0 Å². The van der Waals surface area contributed by atoms with Gasteiger partial charge in [-0.3, -0.25) is 0 Å². The third-order valence-corrected chi connectivity index (χ3v) is 5.64. The number of hydrogen-bond donors (Lipinski definition) is 5. The molecule has 30 heavy (non-hydrogen) atoms. The van der Waals surface area contributed by atoms with Gasteiger partial charge in [0.15, 0.2) is 0 Å². The first-order valence-electron chi connectivity index (χ1n) is 10.5. The van der Waals surface area contributed by atoms with E-state index in [4.69, 9.17) is 25.4 Å². The molecular formula is C21H51NO8. The number of aliphatic hydroxyl groups excluding tert-OH is 2. The Kier molecular flexibility index (Phi) is 19.0. The van der Waals surface area contributed by atoms with E-state index >= 15 is 0 Å². The quantitative estimate of drug-likeness (QED) is 0.400. The van der Waals surface area contributed by atoms with Crippen molar-refractivity contribution in [2.45, 2.75) is 104 Å². The van der Waals surface area contributed by atoms with Gasteiger partial charge in [0, 0.05) is 18.3 Å². The van der Waals surface area contributed by atoms with Gasteiger partial charge in [-0.1, -0.05) is 41.5 Å². The normalized spacial score (nSPS) is 36.6. The van der Waals surface area contributed by atoms with Gasteiger partial charge < -0.3 is 46.6 Å². The van der Waals surface area contributed by atoms with Gasteiger partial charge in [0.05, 0.1) is 55.4 Å². The Morgan fingerprint density at radius 1 is 0.733 bits per heavy atom. The minimum Gasteiger partial charge on any atom is -0.412 e. The van der Waals surface area contributed by atoms with Crippen molar-refractivity contribution in [1.82, 2.24) is 0 Å². The molecule has 9 heteroatoms. The average Bonchev–Trinajstić information content (AvgIpc) is 2.64. The summed E-state index contributed by atoms with van der Waals surface area (Å²) in [5, 5.41) is 37.6. The van der Waals surface area contributed by atoms with Crippen LogP contribution in [0, 0.1) is 5.41 Å². The first-order chi connectivity index (χ1) is 12.8. The molecule has 10 N–H and O–H groups in total. The molecule has 0 spiro atoms. The molecule has 2 aliphatic rings. The Hall–Kier alpha value is -0.360. The lowest BCUT2D eigenvalue weighted by atomic mass is 9.72. The van der Waals surface area contributed by atoms with Gasteiger partial charge in [0.1, 0.15) is 0 Å². The molecule has 0 aliphatic carbocycles. The molecule has 0 bridgehead atoms. The van der Waals surface area contributed by atoms with Crippen molar-refractivity contribution in [3.05, 3.63) is 0 Å². The summed E-state index contributed by atoms with van der Waals surface area (Å²) < 4.78 is 10.6. The zero-order chi connectivity index (χ0) is 22.8. The van der Waals surface area contributed by atoms with E-state index in [0.29, 0.717) is 19.4 Å². The maximum atomic E-state index is 10.0. The highest BCUT2D eigenvalue weighted by molar-refractivity contribution is 5.02. The van der Waals surface area contributed by atoms with Crippen LogP contribution in [-0.2, 0) is 9.47 Å². The number of ether oxygens (including phenoxy) is 2. The summed E-state index contributed by atoms with van der Waals surface area (Å²) >= 11 is 0. The molecule has 2 heterocycles. The third kappa shape index (κ3) is 10.3. The third-order valence-electron chi connectivity index (χ3n) is 5.64. The number of aliphatic hydroxyl groups is 4. The molecule has 188 valence electrons. The van der Waals surface area contributed by atoms with Crippen molar-refractivity contribution >= 4 is 0 Å². The Labute approximate surface area is 183 Å². The number of nitrogens with two attached hydrogens (primary N) is 1. The molecule has 2 rings (SSSR count). The fourth-order valence-electron chi connectivity index (χ4n) is 2.68. The Balaban J connectivity index is -0.000000183. The molecule has 0 amide bonds. The summed E-state index contributed by atoms with van der Waals surface area (Å²) in [6, 6.07) is 0. The van der Waals surface area contributed by atoms with Crippen LogP contribution in [0.3, 0.4) is 0 Å². The van der Waals surface area contributed by atoms with Gasteiger partial charge in [-0.15, -0.1) is 0 Å². The van der Waals surface area contributed by atoms with Gasteiger partial charge in [0.25, 0.3) is 0 Å². The van der Waals surface area contributed by atoms with Crippen molar-refractivity contribution in [2.24, 2.45) is 11.1 Å². The summed E-state index contributed by atoms with van der Waals surface area (Å²) in [5.41, 5.74) is 3.17. The van der Waals surface area contributed by atoms with E-state index in [-0.39, 0.29) is 48.4 Å². The second-order valence-corrected chi connectivity index (χ2v) is 8.49. The average molecular weight is 446 g/mol. The van der Waals surface area contributed by atoms with Crippen LogP contribution in [0.25, 0.3) is 0 Å². The summed E-state index contributed by atoms with van der Waals surface area (Å²) in [5.74, 6) is 0. The topological polar surface area (TPSA) is 188 Å². The minimum atomic E-state index is -0.960. The van der Waals surface area contributed by atoms with Crippen molar-refractivity contribution in [2.75, 3.05) is 26.4 Å². The van der Waals surface area contributed by atoms with E-state index in [0.717, 1.165) is 0 Å². The highest BCUT2D eigenvalue weighted by Crippen LogP contribution is 2.39. The zero-order valence-corrected chi connectivity index (χ0v) is 20.6. The molecule has 5 atom stereocenters. The van der Waals surface area contributed by atoms with Crippen molar-refractivity contribution < 1.29 is 40.9 Å². The van der Waals surface area contributed by atoms with E-state index in [2.05, 4.69) is 0 Å². The first kappa shape index (κ1) is 37.0. The maximum Gasteiger partial charge on any atom is 0.0843 e. The van der Waals surface area contributed by atoms with Gasteiger partial charge in [-0.25, -0.2) is 0 Å². The number of rotatable bonds is 2. The molecule has 5 unspecified atom stereocenters. The van der Waals surface area contributed by atoms with Gasteiger partial charge in [0.2, 0.25) is 0 Å². The molecule has 2 saturated heterocycles. The smallest absolute Gasteiger partial charge is 0.0843 e. The summed E-state index contributed by atoms with van der Waals surface area (Å²) in [6.45, 7) is 17.9. The van der Waals surface area contributed by atoms with Crippen molar-refractivity contribution in [1.29, 1.82) is 0 Å². The minimum absolute atomic E-state index is 0. The molecule has 2 fully saturated rings. The van der Waals surface area contributed by atoms with Crippen LogP contribution in [0.15, 0.2) is 0 Å². The van der Waals surface area contributed by atoms with Crippen molar-refractivity contribution in [3.8, 4) is 0 Å².